The number of hydrogen-bond acceptors (Lipinski definition) is 5. The fourth-order valence-electron chi connectivity index (χ4n) is 1.18. The van der Waals surface area contributed by atoms with Gasteiger partial charge in [0.2, 0.25) is 0 Å². The van der Waals surface area contributed by atoms with Crippen LogP contribution in [0.3, 0.4) is 0 Å². The summed E-state index contributed by atoms with van der Waals surface area (Å²) in [5.41, 5.74) is 1.12. The lowest BCUT2D eigenvalue weighted by Gasteiger charge is -2.10. The Kier molecular flexibility index (Phi) is 6.40. The molecule has 0 spiro atoms. The maximum absolute atomic E-state index is 9.27. The first kappa shape index (κ1) is 13.4. The molecule has 0 amide bonds. The summed E-state index contributed by atoms with van der Waals surface area (Å²) >= 11 is 1.47. The predicted molar refractivity (Wildman–Crippen MR) is 65.4 cm³/mol. The second kappa shape index (κ2) is 7.62. The number of rotatable bonds is 7. The van der Waals surface area contributed by atoms with Gasteiger partial charge in [-0.25, -0.2) is 4.98 Å². The van der Waals surface area contributed by atoms with Crippen molar-refractivity contribution in [3.8, 4) is 0 Å². The summed E-state index contributed by atoms with van der Waals surface area (Å²) in [6, 6.07) is 3.92. The fourth-order valence-corrected chi connectivity index (χ4v) is 2.09. The zero-order chi connectivity index (χ0) is 11.8. The van der Waals surface area contributed by atoms with Crippen LogP contribution in [0.2, 0.25) is 0 Å². The zero-order valence-corrected chi connectivity index (χ0v) is 10.2. The Labute approximate surface area is 100 Å². The molecule has 0 aliphatic carbocycles. The Morgan fingerprint density at radius 3 is 3.06 bits per heavy atom. The highest BCUT2D eigenvalue weighted by Crippen LogP contribution is 2.20. The minimum atomic E-state index is -0.681. The third kappa shape index (κ3) is 4.49. The van der Waals surface area contributed by atoms with Crippen LogP contribution in [-0.2, 0) is 6.54 Å². The van der Waals surface area contributed by atoms with Crippen molar-refractivity contribution in [2.75, 3.05) is 18.9 Å². The Morgan fingerprint density at radius 1 is 1.56 bits per heavy atom. The lowest BCUT2D eigenvalue weighted by molar-refractivity contribution is 0.113. The van der Waals surface area contributed by atoms with E-state index < -0.39 is 6.10 Å². The molecule has 0 aromatic carbocycles. The second-order valence-electron chi connectivity index (χ2n) is 3.40. The van der Waals surface area contributed by atoms with Crippen LogP contribution in [-0.4, -0.2) is 40.2 Å². The van der Waals surface area contributed by atoms with Crippen molar-refractivity contribution in [2.45, 2.75) is 24.6 Å². The highest BCUT2D eigenvalue weighted by molar-refractivity contribution is 7.99. The van der Waals surface area contributed by atoms with Crippen LogP contribution in [0, 0.1) is 0 Å². The highest BCUT2D eigenvalue weighted by Gasteiger charge is 2.07. The third-order valence-electron chi connectivity index (χ3n) is 2.04. The first-order valence-corrected chi connectivity index (χ1v) is 6.32. The number of aliphatic hydroxyl groups is 2. The summed E-state index contributed by atoms with van der Waals surface area (Å²) in [6.45, 7) is 3.54. The van der Waals surface area contributed by atoms with Gasteiger partial charge in [0.15, 0.2) is 0 Å². The Balaban J connectivity index is 2.56. The van der Waals surface area contributed by atoms with Crippen LogP contribution < -0.4 is 5.32 Å². The molecule has 0 radical (unpaired) electrons. The summed E-state index contributed by atoms with van der Waals surface area (Å²) in [5.74, 6) is 0.465. The van der Waals surface area contributed by atoms with E-state index in [0.29, 0.717) is 5.75 Å². The normalized spacial score (nSPS) is 12.7. The number of thioether (sulfide) groups is 1. The van der Waals surface area contributed by atoms with E-state index in [2.05, 4.69) is 17.2 Å². The lowest BCUT2D eigenvalue weighted by Crippen LogP contribution is -2.16. The van der Waals surface area contributed by atoms with E-state index >= 15 is 0 Å². The summed E-state index contributed by atoms with van der Waals surface area (Å²) in [7, 11) is 0. The quantitative estimate of drug-likeness (QED) is 0.612. The van der Waals surface area contributed by atoms with Gasteiger partial charge in [0.05, 0.1) is 12.7 Å². The van der Waals surface area contributed by atoms with Crippen LogP contribution in [0.15, 0.2) is 23.4 Å². The third-order valence-corrected chi connectivity index (χ3v) is 3.23. The van der Waals surface area contributed by atoms with E-state index in [1.165, 1.54) is 11.8 Å². The topological polar surface area (TPSA) is 65.4 Å². The SMILES string of the molecule is CCNCc1cccnc1SCC(O)CO. The van der Waals surface area contributed by atoms with E-state index in [4.69, 9.17) is 5.11 Å². The number of aromatic nitrogens is 1. The van der Waals surface area contributed by atoms with Gasteiger partial charge in [0.25, 0.3) is 0 Å². The van der Waals surface area contributed by atoms with Gasteiger partial charge < -0.3 is 15.5 Å². The number of aliphatic hydroxyl groups excluding tert-OH is 2. The van der Waals surface area contributed by atoms with Crippen molar-refractivity contribution in [3.05, 3.63) is 23.9 Å². The monoisotopic (exact) mass is 242 g/mol. The van der Waals surface area contributed by atoms with E-state index in [-0.39, 0.29) is 6.61 Å². The molecule has 0 aliphatic heterocycles. The van der Waals surface area contributed by atoms with Crippen molar-refractivity contribution in [3.63, 3.8) is 0 Å². The van der Waals surface area contributed by atoms with Crippen LogP contribution in [0.1, 0.15) is 12.5 Å². The van der Waals surface area contributed by atoms with E-state index in [9.17, 15) is 5.11 Å². The van der Waals surface area contributed by atoms with Crippen molar-refractivity contribution in [1.29, 1.82) is 0 Å². The average molecular weight is 242 g/mol. The summed E-state index contributed by atoms with van der Waals surface area (Å²) < 4.78 is 0. The fraction of sp³-hybridized carbons (Fsp3) is 0.545. The minimum absolute atomic E-state index is 0.206. The molecule has 1 unspecified atom stereocenters. The Hall–Kier alpha value is -0.620. The van der Waals surface area contributed by atoms with Crippen molar-refractivity contribution in [1.82, 2.24) is 10.3 Å². The smallest absolute Gasteiger partial charge is 0.101 e. The van der Waals surface area contributed by atoms with Gasteiger partial charge in [0, 0.05) is 18.5 Å². The van der Waals surface area contributed by atoms with Gasteiger partial charge in [-0.2, -0.15) is 0 Å². The maximum Gasteiger partial charge on any atom is 0.101 e. The van der Waals surface area contributed by atoms with Gasteiger partial charge in [-0.15, -0.1) is 11.8 Å². The second-order valence-corrected chi connectivity index (χ2v) is 4.40. The molecule has 1 aromatic heterocycles. The number of pyridine rings is 1. The van der Waals surface area contributed by atoms with Crippen molar-refractivity contribution < 1.29 is 10.2 Å². The molecular weight excluding hydrogens is 224 g/mol. The minimum Gasteiger partial charge on any atom is -0.394 e. The summed E-state index contributed by atoms with van der Waals surface area (Å²) in [4.78, 5) is 4.27. The molecule has 0 aliphatic rings. The van der Waals surface area contributed by atoms with Crippen LogP contribution >= 0.6 is 11.8 Å². The average Bonchev–Trinajstić information content (AvgIpc) is 2.34. The van der Waals surface area contributed by atoms with E-state index in [0.717, 1.165) is 23.7 Å². The largest absolute Gasteiger partial charge is 0.394 e. The molecule has 0 fully saturated rings. The van der Waals surface area contributed by atoms with E-state index in [1.807, 2.05) is 12.1 Å². The van der Waals surface area contributed by atoms with E-state index in [1.54, 1.807) is 6.20 Å². The molecule has 4 nitrogen and oxygen atoms in total. The number of nitrogens with one attached hydrogen (secondary N) is 1. The van der Waals surface area contributed by atoms with Gasteiger partial charge in [0.1, 0.15) is 5.03 Å². The highest BCUT2D eigenvalue weighted by atomic mass is 32.2. The number of nitrogens with zero attached hydrogens (tertiary/aromatic N) is 1. The van der Waals surface area contributed by atoms with Crippen molar-refractivity contribution in [2.24, 2.45) is 0 Å². The van der Waals surface area contributed by atoms with Crippen LogP contribution in [0.25, 0.3) is 0 Å². The van der Waals surface area contributed by atoms with Gasteiger partial charge >= 0.3 is 0 Å². The molecule has 1 heterocycles. The first-order valence-electron chi connectivity index (χ1n) is 5.34. The molecule has 3 N–H and O–H groups in total. The Bertz CT molecular complexity index is 310. The molecule has 0 saturated carbocycles. The molecule has 0 saturated heterocycles. The van der Waals surface area contributed by atoms with Crippen LogP contribution in [0.4, 0.5) is 0 Å². The summed E-state index contributed by atoms with van der Waals surface area (Å²) in [5, 5.41) is 22.2. The van der Waals surface area contributed by atoms with Crippen molar-refractivity contribution >= 4 is 11.8 Å². The predicted octanol–water partition coefficient (Wildman–Crippen LogP) is 0.636. The lowest BCUT2D eigenvalue weighted by atomic mass is 10.3. The Morgan fingerprint density at radius 2 is 2.38 bits per heavy atom. The molecular formula is C11H18N2O2S. The maximum atomic E-state index is 9.27. The van der Waals surface area contributed by atoms with Gasteiger partial charge in [-0.1, -0.05) is 13.0 Å². The molecule has 16 heavy (non-hydrogen) atoms. The van der Waals surface area contributed by atoms with Crippen LogP contribution in [0.5, 0.6) is 0 Å². The summed E-state index contributed by atoms with van der Waals surface area (Å²) in [6.07, 6.45) is 1.06. The molecule has 1 rings (SSSR count). The van der Waals surface area contributed by atoms with Gasteiger partial charge in [-0.3, -0.25) is 0 Å². The molecule has 1 atom stereocenters. The molecule has 1 aromatic rings. The zero-order valence-electron chi connectivity index (χ0n) is 9.39. The van der Waals surface area contributed by atoms with Gasteiger partial charge in [-0.05, 0) is 18.2 Å². The molecule has 5 heteroatoms. The molecule has 90 valence electrons. The molecule has 0 bridgehead atoms. The standard InChI is InChI=1S/C11H18N2O2S/c1-2-12-6-9-4-3-5-13-11(9)16-8-10(15)7-14/h3-5,10,12,14-15H,2,6-8H2,1H3. The number of hydrogen-bond donors (Lipinski definition) is 3. The first-order chi connectivity index (χ1) is 7.77.